The molecule has 0 amide bonds. The van der Waals surface area contributed by atoms with Gasteiger partial charge < -0.3 is 9.26 Å². The van der Waals surface area contributed by atoms with Crippen molar-refractivity contribution in [3.63, 3.8) is 0 Å². The number of halogens is 1. The molecule has 0 aliphatic carbocycles. The maximum atomic E-state index is 6.08. The van der Waals surface area contributed by atoms with Gasteiger partial charge in [-0.3, -0.25) is 4.57 Å². The first-order valence-electron chi connectivity index (χ1n) is 8.55. The minimum absolute atomic E-state index is 0.620. The molecule has 8 heteroatoms. The number of thioether (sulfide) groups is 1. The van der Waals surface area contributed by atoms with Crippen molar-refractivity contribution in [3.8, 4) is 22.8 Å². The van der Waals surface area contributed by atoms with E-state index < -0.39 is 0 Å². The molecule has 0 fully saturated rings. The Morgan fingerprint density at radius 2 is 1.89 bits per heavy atom. The SMILES string of the molecule is COc1ccccc1-c1nnc(SCc2cc(C)on2)n1-c1ccc(Cl)cc1. The molecule has 0 aliphatic heterocycles. The van der Waals surface area contributed by atoms with Gasteiger partial charge in [-0.05, 0) is 43.3 Å². The molecule has 0 radical (unpaired) electrons. The first kappa shape index (κ1) is 18.6. The molecule has 0 unspecified atom stereocenters. The fourth-order valence-corrected chi connectivity index (χ4v) is 3.77. The van der Waals surface area contributed by atoms with E-state index in [0.717, 1.165) is 33.6 Å². The lowest BCUT2D eigenvalue weighted by molar-refractivity contribution is 0.393. The molecule has 0 aliphatic rings. The number of aryl methyl sites for hydroxylation is 1. The van der Waals surface area contributed by atoms with E-state index in [1.54, 1.807) is 7.11 Å². The number of ether oxygens (including phenoxy) is 1. The van der Waals surface area contributed by atoms with Gasteiger partial charge >= 0.3 is 0 Å². The Morgan fingerprint density at radius 1 is 1.11 bits per heavy atom. The Morgan fingerprint density at radius 3 is 2.61 bits per heavy atom. The maximum Gasteiger partial charge on any atom is 0.196 e. The van der Waals surface area contributed by atoms with Gasteiger partial charge in [-0.1, -0.05) is 40.7 Å². The minimum Gasteiger partial charge on any atom is -0.496 e. The van der Waals surface area contributed by atoms with Crippen molar-refractivity contribution >= 4 is 23.4 Å². The van der Waals surface area contributed by atoms with E-state index in [4.69, 9.17) is 20.9 Å². The molecular formula is C20H17ClN4O2S. The molecular weight excluding hydrogens is 396 g/mol. The summed E-state index contributed by atoms with van der Waals surface area (Å²) in [6.45, 7) is 1.87. The van der Waals surface area contributed by atoms with Gasteiger partial charge in [-0.15, -0.1) is 10.2 Å². The van der Waals surface area contributed by atoms with Crippen LogP contribution in [0.5, 0.6) is 5.75 Å². The Kier molecular flexibility index (Phi) is 5.36. The summed E-state index contributed by atoms with van der Waals surface area (Å²) >= 11 is 7.61. The molecule has 4 rings (SSSR count). The molecule has 0 saturated heterocycles. The molecule has 0 atom stereocenters. The molecule has 2 aromatic carbocycles. The standard InChI is InChI=1S/C20H17ClN4O2S/c1-13-11-15(24-27-13)12-28-20-23-22-19(17-5-3-4-6-18(17)26-2)25(20)16-9-7-14(21)8-10-16/h3-11H,12H2,1-2H3. The van der Waals surface area contributed by atoms with Crippen LogP contribution in [0.25, 0.3) is 17.1 Å². The number of nitrogens with zero attached hydrogens (tertiary/aromatic N) is 4. The van der Waals surface area contributed by atoms with Crippen LogP contribution in [0.4, 0.5) is 0 Å². The molecule has 0 spiro atoms. The summed E-state index contributed by atoms with van der Waals surface area (Å²) < 4.78 is 12.7. The zero-order valence-corrected chi connectivity index (χ0v) is 16.9. The van der Waals surface area contributed by atoms with Gasteiger partial charge in [0.25, 0.3) is 0 Å². The van der Waals surface area contributed by atoms with Crippen molar-refractivity contribution < 1.29 is 9.26 Å². The van der Waals surface area contributed by atoms with Crippen LogP contribution in [-0.2, 0) is 5.75 Å². The first-order chi connectivity index (χ1) is 13.7. The van der Waals surface area contributed by atoms with Gasteiger partial charge in [0.15, 0.2) is 11.0 Å². The second-order valence-electron chi connectivity index (χ2n) is 6.04. The Bertz CT molecular complexity index is 1090. The highest BCUT2D eigenvalue weighted by Crippen LogP contribution is 2.34. The number of benzene rings is 2. The van der Waals surface area contributed by atoms with E-state index >= 15 is 0 Å². The van der Waals surface area contributed by atoms with Gasteiger partial charge in [0, 0.05) is 22.5 Å². The van der Waals surface area contributed by atoms with E-state index in [1.165, 1.54) is 11.8 Å². The minimum atomic E-state index is 0.620. The van der Waals surface area contributed by atoms with Crippen molar-refractivity contribution in [1.29, 1.82) is 0 Å². The van der Waals surface area contributed by atoms with Gasteiger partial charge in [-0.2, -0.15) is 0 Å². The lowest BCUT2D eigenvalue weighted by atomic mass is 10.2. The van der Waals surface area contributed by atoms with Crippen LogP contribution in [0.3, 0.4) is 0 Å². The fourth-order valence-electron chi connectivity index (χ4n) is 2.81. The van der Waals surface area contributed by atoms with Crippen molar-refractivity contribution in [2.24, 2.45) is 0 Å². The van der Waals surface area contributed by atoms with E-state index in [-0.39, 0.29) is 0 Å². The first-order valence-corrected chi connectivity index (χ1v) is 9.92. The van der Waals surface area contributed by atoms with Gasteiger partial charge in [-0.25, -0.2) is 0 Å². The molecule has 2 aromatic heterocycles. The number of hydrogen-bond acceptors (Lipinski definition) is 6. The lowest BCUT2D eigenvalue weighted by Crippen LogP contribution is -2.01. The summed E-state index contributed by atoms with van der Waals surface area (Å²) in [6.07, 6.45) is 0. The van der Waals surface area contributed by atoms with Gasteiger partial charge in [0.05, 0.1) is 18.4 Å². The average Bonchev–Trinajstić information content (AvgIpc) is 3.33. The largest absolute Gasteiger partial charge is 0.496 e. The summed E-state index contributed by atoms with van der Waals surface area (Å²) in [6, 6.07) is 17.2. The summed E-state index contributed by atoms with van der Waals surface area (Å²) in [4.78, 5) is 0. The van der Waals surface area contributed by atoms with E-state index in [2.05, 4.69) is 15.4 Å². The zero-order chi connectivity index (χ0) is 19.5. The summed E-state index contributed by atoms with van der Waals surface area (Å²) in [7, 11) is 1.64. The van der Waals surface area contributed by atoms with Crippen LogP contribution < -0.4 is 4.74 Å². The Balaban J connectivity index is 1.78. The lowest BCUT2D eigenvalue weighted by Gasteiger charge is -2.12. The normalized spacial score (nSPS) is 11.0. The van der Waals surface area contributed by atoms with Crippen molar-refractivity contribution in [2.45, 2.75) is 17.8 Å². The van der Waals surface area contributed by atoms with Gasteiger partial charge in [0.1, 0.15) is 11.5 Å². The van der Waals surface area contributed by atoms with Crippen molar-refractivity contribution in [3.05, 3.63) is 71.1 Å². The smallest absolute Gasteiger partial charge is 0.196 e. The van der Waals surface area contributed by atoms with Crippen LogP contribution >= 0.6 is 23.4 Å². The highest BCUT2D eigenvalue weighted by molar-refractivity contribution is 7.98. The molecule has 0 N–H and O–H groups in total. The predicted molar refractivity (Wildman–Crippen MR) is 109 cm³/mol. The van der Waals surface area contributed by atoms with Gasteiger partial charge in [0.2, 0.25) is 0 Å². The highest BCUT2D eigenvalue weighted by Gasteiger charge is 2.19. The zero-order valence-electron chi connectivity index (χ0n) is 15.3. The number of para-hydroxylation sites is 1. The molecule has 6 nitrogen and oxygen atoms in total. The number of hydrogen-bond donors (Lipinski definition) is 0. The van der Waals surface area contributed by atoms with E-state index in [0.29, 0.717) is 16.6 Å². The highest BCUT2D eigenvalue weighted by atomic mass is 35.5. The van der Waals surface area contributed by atoms with Crippen molar-refractivity contribution in [2.75, 3.05) is 7.11 Å². The Labute approximate surface area is 171 Å². The van der Waals surface area contributed by atoms with E-state index in [1.807, 2.05) is 66.1 Å². The molecule has 0 bridgehead atoms. The second-order valence-corrected chi connectivity index (χ2v) is 7.41. The number of methoxy groups -OCH3 is 1. The third-order valence-electron chi connectivity index (χ3n) is 4.09. The Hall–Kier alpha value is -2.77. The summed E-state index contributed by atoms with van der Waals surface area (Å²) in [5, 5.41) is 14.3. The van der Waals surface area contributed by atoms with Crippen LogP contribution in [0.1, 0.15) is 11.5 Å². The molecule has 2 heterocycles. The van der Waals surface area contributed by atoms with Crippen LogP contribution in [-0.4, -0.2) is 27.0 Å². The second kappa shape index (κ2) is 8.08. The monoisotopic (exact) mass is 412 g/mol. The van der Waals surface area contributed by atoms with Crippen LogP contribution in [0, 0.1) is 6.92 Å². The molecule has 4 aromatic rings. The molecule has 28 heavy (non-hydrogen) atoms. The summed E-state index contributed by atoms with van der Waals surface area (Å²) in [5.41, 5.74) is 2.62. The van der Waals surface area contributed by atoms with Crippen LogP contribution in [0.15, 0.2) is 64.3 Å². The number of rotatable bonds is 6. The van der Waals surface area contributed by atoms with Crippen molar-refractivity contribution in [1.82, 2.24) is 19.9 Å². The quantitative estimate of drug-likeness (QED) is 0.406. The maximum absolute atomic E-state index is 6.08. The number of aromatic nitrogens is 4. The topological polar surface area (TPSA) is 66.0 Å². The third kappa shape index (κ3) is 3.76. The fraction of sp³-hybridized carbons (Fsp3) is 0.150. The molecule has 142 valence electrons. The predicted octanol–water partition coefficient (Wildman–Crippen LogP) is 5.19. The summed E-state index contributed by atoms with van der Waals surface area (Å²) in [5.74, 6) is 2.83. The molecule has 0 saturated carbocycles. The van der Waals surface area contributed by atoms with E-state index in [9.17, 15) is 0 Å². The third-order valence-corrected chi connectivity index (χ3v) is 5.31. The van der Waals surface area contributed by atoms with Crippen LogP contribution in [0.2, 0.25) is 5.02 Å². The average molecular weight is 413 g/mol.